The Morgan fingerprint density at radius 2 is 1.71 bits per heavy atom. The first-order chi connectivity index (χ1) is 11.5. The fourth-order valence-electron chi connectivity index (χ4n) is 1.96. The molecule has 0 atom stereocenters. The van der Waals surface area contributed by atoms with Crippen LogP contribution in [0.5, 0.6) is 0 Å². The zero-order chi connectivity index (χ0) is 17.5. The van der Waals surface area contributed by atoms with Crippen LogP contribution in [0.15, 0.2) is 42.5 Å². The third-order valence-corrected chi connectivity index (χ3v) is 4.65. The quantitative estimate of drug-likeness (QED) is 0.582. The van der Waals surface area contributed by atoms with E-state index in [9.17, 15) is 9.59 Å². The molecule has 0 saturated carbocycles. The van der Waals surface area contributed by atoms with E-state index in [0.29, 0.717) is 10.7 Å². The Labute approximate surface area is 159 Å². The molecular weight excluding hydrogens is 441 g/mol. The van der Waals surface area contributed by atoms with Gasteiger partial charge in [0.25, 0.3) is 0 Å². The summed E-state index contributed by atoms with van der Waals surface area (Å²) in [4.78, 5) is 23.7. The van der Waals surface area contributed by atoms with Gasteiger partial charge < -0.3 is 16.0 Å². The van der Waals surface area contributed by atoms with Crippen LogP contribution in [0.25, 0.3) is 0 Å². The number of para-hydroxylation sites is 1. The van der Waals surface area contributed by atoms with Crippen molar-refractivity contribution in [2.75, 3.05) is 23.7 Å². The second-order valence-corrected chi connectivity index (χ2v) is 6.64. The molecule has 0 saturated heterocycles. The molecule has 0 aliphatic heterocycles. The number of hydrogen-bond acceptors (Lipinski definition) is 3. The van der Waals surface area contributed by atoms with Crippen molar-refractivity contribution >= 4 is 57.4 Å². The molecule has 126 valence electrons. The van der Waals surface area contributed by atoms with E-state index >= 15 is 0 Å². The number of carbonyl (C=O) groups is 2. The summed E-state index contributed by atoms with van der Waals surface area (Å²) in [7, 11) is 0. The van der Waals surface area contributed by atoms with Crippen LogP contribution in [0, 0.1) is 10.5 Å². The number of anilines is 2. The molecular formula is C17H17ClIN3O2. The number of hydrogen-bond donors (Lipinski definition) is 3. The molecule has 0 aromatic heterocycles. The number of rotatable bonds is 6. The van der Waals surface area contributed by atoms with E-state index in [-0.39, 0.29) is 24.9 Å². The summed E-state index contributed by atoms with van der Waals surface area (Å²) in [6.45, 7) is 1.82. The summed E-state index contributed by atoms with van der Waals surface area (Å²) >= 11 is 8.20. The molecule has 0 fully saturated rings. The average Bonchev–Trinajstić information content (AvgIpc) is 2.56. The Hall–Kier alpha value is -1.80. The van der Waals surface area contributed by atoms with Crippen LogP contribution >= 0.6 is 34.2 Å². The Morgan fingerprint density at radius 3 is 2.46 bits per heavy atom. The first-order valence-corrected chi connectivity index (χ1v) is 8.73. The molecule has 0 heterocycles. The molecule has 7 heteroatoms. The van der Waals surface area contributed by atoms with Gasteiger partial charge in [0.2, 0.25) is 11.8 Å². The molecule has 2 amide bonds. The number of carbonyl (C=O) groups excluding carboxylic acids is 2. The highest BCUT2D eigenvalue weighted by molar-refractivity contribution is 14.1. The molecule has 0 bridgehead atoms. The predicted octanol–water partition coefficient (Wildman–Crippen LogP) is 3.42. The van der Waals surface area contributed by atoms with Crippen LogP contribution in [0.4, 0.5) is 11.4 Å². The number of nitrogens with one attached hydrogen (secondary N) is 3. The average molecular weight is 458 g/mol. The van der Waals surface area contributed by atoms with E-state index < -0.39 is 0 Å². The first-order valence-electron chi connectivity index (χ1n) is 7.27. The van der Waals surface area contributed by atoms with Crippen LogP contribution in [0.1, 0.15) is 5.56 Å². The van der Waals surface area contributed by atoms with Crippen LogP contribution < -0.4 is 16.0 Å². The maximum Gasteiger partial charge on any atom is 0.243 e. The molecule has 5 nitrogen and oxygen atoms in total. The molecule has 2 aromatic carbocycles. The fraction of sp³-hybridized carbons (Fsp3) is 0.176. The standard InChI is InChI=1S/C17H17ClIN3O2/c1-11-12(18)5-4-8-14(11)22-17(24)10-21-16(23)9-20-15-7-3-2-6-13(15)19/h2-8,20H,9-10H2,1H3,(H,21,23)(H,22,24). The Bertz CT molecular complexity index is 752. The highest BCUT2D eigenvalue weighted by atomic mass is 127. The van der Waals surface area contributed by atoms with Gasteiger partial charge in [0.1, 0.15) is 0 Å². The van der Waals surface area contributed by atoms with Crippen LogP contribution in [-0.2, 0) is 9.59 Å². The van der Waals surface area contributed by atoms with Crippen LogP contribution in [-0.4, -0.2) is 24.9 Å². The topological polar surface area (TPSA) is 70.2 Å². The summed E-state index contributed by atoms with van der Waals surface area (Å²) in [5, 5.41) is 8.92. The minimum absolute atomic E-state index is 0.0989. The van der Waals surface area contributed by atoms with E-state index in [2.05, 4.69) is 38.5 Å². The van der Waals surface area contributed by atoms with Crippen molar-refractivity contribution in [3.05, 3.63) is 56.6 Å². The van der Waals surface area contributed by atoms with Gasteiger partial charge in [-0.3, -0.25) is 9.59 Å². The van der Waals surface area contributed by atoms with Gasteiger partial charge in [0.05, 0.1) is 13.1 Å². The summed E-state index contributed by atoms with van der Waals surface area (Å²) in [6.07, 6.45) is 0. The number of amides is 2. The van der Waals surface area contributed by atoms with E-state index in [1.165, 1.54) is 0 Å². The van der Waals surface area contributed by atoms with Gasteiger partial charge in [0.15, 0.2) is 0 Å². The SMILES string of the molecule is Cc1c(Cl)cccc1NC(=O)CNC(=O)CNc1ccccc1I. The molecule has 0 aliphatic carbocycles. The molecule has 24 heavy (non-hydrogen) atoms. The van der Waals surface area contributed by atoms with Crippen molar-refractivity contribution in [3.8, 4) is 0 Å². The lowest BCUT2D eigenvalue weighted by Gasteiger charge is -2.11. The third kappa shape index (κ3) is 5.38. The third-order valence-electron chi connectivity index (χ3n) is 3.30. The van der Waals surface area contributed by atoms with Crippen LogP contribution in [0.2, 0.25) is 5.02 Å². The van der Waals surface area contributed by atoms with Gasteiger partial charge in [0, 0.05) is 20.0 Å². The summed E-state index contributed by atoms with van der Waals surface area (Å²) < 4.78 is 1.03. The highest BCUT2D eigenvalue weighted by Crippen LogP contribution is 2.22. The van der Waals surface area contributed by atoms with Crippen molar-refractivity contribution in [1.29, 1.82) is 0 Å². The number of benzene rings is 2. The zero-order valence-corrected chi connectivity index (χ0v) is 15.9. The van der Waals surface area contributed by atoms with Crippen molar-refractivity contribution in [2.45, 2.75) is 6.92 Å². The van der Waals surface area contributed by atoms with Crippen molar-refractivity contribution in [3.63, 3.8) is 0 Å². The molecule has 2 rings (SSSR count). The maximum absolute atomic E-state index is 11.9. The Kier molecular flexibility index (Phi) is 6.86. The summed E-state index contributed by atoms with van der Waals surface area (Å²) in [5.41, 5.74) is 2.31. The van der Waals surface area contributed by atoms with Gasteiger partial charge in [-0.1, -0.05) is 29.8 Å². The summed E-state index contributed by atoms with van der Waals surface area (Å²) in [5.74, 6) is -0.560. The number of halogens is 2. The summed E-state index contributed by atoms with van der Waals surface area (Å²) in [6, 6.07) is 12.9. The van der Waals surface area contributed by atoms with Gasteiger partial charge in [-0.05, 0) is 59.3 Å². The highest BCUT2D eigenvalue weighted by Gasteiger charge is 2.09. The zero-order valence-electron chi connectivity index (χ0n) is 13.0. The second-order valence-electron chi connectivity index (χ2n) is 5.07. The Balaban J connectivity index is 1.78. The van der Waals surface area contributed by atoms with Crippen LogP contribution in [0.3, 0.4) is 0 Å². The van der Waals surface area contributed by atoms with Gasteiger partial charge in [-0.15, -0.1) is 0 Å². The second kappa shape index (κ2) is 8.89. The van der Waals surface area contributed by atoms with E-state index in [1.807, 2.05) is 31.2 Å². The molecule has 0 radical (unpaired) electrons. The van der Waals surface area contributed by atoms with Gasteiger partial charge in [-0.25, -0.2) is 0 Å². The fourth-order valence-corrected chi connectivity index (χ4v) is 2.71. The van der Waals surface area contributed by atoms with Crippen molar-refractivity contribution in [1.82, 2.24) is 5.32 Å². The first kappa shape index (κ1) is 18.5. The molecule has 2 aromatic rings. The minimum Gasteiger partial charge on any atom is -0.375 e. The largest absolute Gasteiger partial charge is 0.375 e. The lowest BCUT2D eigenvalue weighted by atomic mass is 10.2. The maximum atomic E-state index is 11.9. The van der Waals surface area contributed by atoms with Crippen molar-refractivity contribution in [2.24, 2.45) is 0 Å². The van der Waals surface area contributed by atoms with E-state index in [4.69, 9.17) is 11.6 Å². The van der Waals surface area contributed by atoms with E-state index in [0.717, 1.165) is 14.8 Å². The molecule has 3 N–H and O–H groups in total. The Morgan fingerprint density at radius 1 is 1.00 bits per heavy atom. The minimum atomic E-state index is -0.303. The predicted molar refractivity (Wildman–Crippen MR) is 105 cm³/mol. The molecule has 0 unspecified atom stereocenters. The van der Waals surface area contributed by atoms with Crippen molar-refractivity contribution < 1.29 is 9.59 Å². The van der Waals surface area contributed by atoms with Gasteiger partial charge in [-0.2, -0.15) is 0 Å². The van der Waals surface area contributed by atoms with Gasteiger partial charge >= 0.3 is 0 Å². The monoisotopic (exact) mass is 457 g/mol. The normalized spacial score (nSPS) is 10.1. The lowest BCUT2D eigenvalue weighted by molar-refractivity contribution is -0.122. The molecule has 0 spiro atoms. The van der Waals surface area contributed by atoms with E-state index in [1.54, 1.807) is 18.2 Å². The smallest absolute Gasteiger partial charge is 0.243 e. The lowest BCUT2D eigenvalue weighted by Crippen LogP contribution is -2.36. The molecule has 0 aliphatic rings.